The van der Waals surface area contributed by atoms with E-state index in [-0.39, 0.29) is 49.4 Å². The van der Waals surface area contributed by atoms with Crippen molar-refractivity contribution < 1.29 is 32.3 Å². The fourth-order valence-electron chi connectivity index (χ4n) is 4.79. The number of alkyl halides is 3. The number of fused-ring (bicyclic) bond motifs is 1. The average molecular weight is 498 g/mol. The average Bonchev–Trinajstić information content (AvgIpc) is 2.81. The largest absolute Gasteiger partial charge is 0.476 e. The van der Waals surface area contributed by atoms with Crippen LogP contribution >= 0.6 is 0 Å². The molecule has 1 N–H and O–H groups in total. The summed E-state index contributed by atoms with van der Waals surface area (Å²) in [5, 5.41) is 2.67. The fourth-order valence-corrected chi connectivity index (χ4v) is 4.79. The van der Waals surface area contributed by atoms with Gasteiger partial charge >= 0.3 is 6.18 Å². The zero-order valence-electron chi connectivity index (χ0n) is 20.8. The maximum absolute atomic E-state index is 14.1. The lowest BCUT2D eigenvalue weighted by Crippen LogP contribution is -2.54. The summed E-state index contributed by atoms with van der Waals surface area (Å²) in [5.41, 5.74) is -2.90. The Kier molecular flexibility index (Phi) is 8.01. The first-order valence-electron chi connectivity index (χ1n) is 12.2. The molecule has 1 aromatic rings. The van der Waals surface area contributed by atoms with Crippen molar-refractivity contribution in [2.75, 3.05) is 24.5 Å². The van der Waals surface area contributed by atoms with Gasteiger partial charge in [0, 0.05) is 32.1 Å². The van der Waals surface area contributed by atoms with Gasteiger partial charge in [0.15, 0.2) is 5.60 Å². The standard InChI is InChI=1S/C25H34F3N3O4/c1-5-21(32)29-12-13-31-19-14-17(22(33)30(6-2)16-10-8-7-9-11-16)18(25(26,27)28)15-20(19)35-24(3,4)23(31)34/h14-16H,5-13H2,1-4H3,(H,29,32). The van der Waals surface area contributed by atoms with Gasteiger partial charge in [-0.15, -0.1) is 0 Å². The molecule has 10 heteroatoms. The smallest absolute Gasteiger partial charge is 0.417 e. The van der Waals surface area contributed by atoms with Crippen molar-refractivity contribution in [3.05, 3.63) is 23.3 Å². The van der Waals surface area contributed by atoms with Crippen LogP contribution in [0, 0.1) is 0 Å². The van der Waals surface area contributed by atoms with Gasteiger partial charge in [0.25, 0.3) is 11.8 Å². The summed E-state index contributed by atoms with van der Waals surface area (Å²) in [5.74, 6) is -1.50. The maximum atomic E-state index is 14.1. The third-order valence-electron chi connectivity index (χ3n) is 6.65. The number of nitrogens with one attached hydrogen (secondary N) is 1. The molecule has 7 nitrogen and oxygen atoms in total. The van der Waals surface area contributed by atoms with Gasteiger partial charge in [-0.3, -0.25) is 14.4 Å². The van der Waals surface area contributed by atoms with E-state index in [1.165, 1.54) is 23.6 Å². The highest BCUT2D eigenvalue weighted by atomic mass is 19.4. The quantitative estimate of drug-likeness (QED) is 0.600. The van der Waals surface area contributed by atoms with Gasteiger partial charge in [0.05, 0.1) is 16.8 Å². The molecule has 194 valence electrons. The predicted octanol–water partition coefficient (Wildman–Crippen LogP) is 4.53. The fraction of sp³-hybridized carbons (Fsp3) is 0.640. The Morgan fingerprint density at radius 1 is 1.17 bits per heavy atom. The van der Waals surface area contributed by atoms with Gasteiger partial charge in [-0.1, -0.05) is 26.2 Å². The van der Waals surface area contributed by atoms with Gasteiger partial charge < -0.3 is 19.9 Å². The number of halogens is 3. The summed E-state index contributed by atoms with van der Waals surface area (Å²) in [7, 11) is 0. The molecule has 0 aromatic heterocycles. The van der Waals surface area contributed by atoms with Crippen LogP contribution in [0.25, 0.3) is 0 Å². The molecule has 35 heavy (non-hydrogen) atoms. The highest BCUT2D eigenvalue weighted by Crippen LogP contribution is 2.44. The van der Waals surface area contributed by atoms with E-state index in [1.54, 1.807) is 13.8 Å². The normalized spacial score (nSPS) is 18.0. The molecule has 3 amide bonds. The van der Waals surface area contributed by atoms with E-state index in [1.807, 2.05) is 0 Å². The monoisotopic (exact) mass is 497 g/mol. The minimum absolute atomic E-state index is 0.0312. The summed E-state index contributed by atoms with van der Waals surface area (Å²) in [6.45, 7) is 6.83. The highest BCUT2D eigenvalue weighted by Gasteiger charge is 2.45. The molecule has 0 atom stereocenters. The maximum Gasteiger partial charge on any atom is 0.417 e. The van der Waals surface area contributed by atoms with Crippen molar-refractivity contribution >= 4 is 23.4 Å². The third kappa shape index (κ3) is 5.73. The number of ether oxygens (including phenoxy) is 1. The van der Waals surface area contributed by atoms with Gasteiger partial charge in [-0.2, -0.15) is 13.2 Å². The van der Waals surface area contributed by atoms with E-state index in [2.05, 4.69) is 5.32 Å². The van der Waals surface area contributed by atoms with E-state index < -0.39 is 34.7 Å². The molecule has 0 unspecified atom stereocenters. The van der Waals surface area contributed by atoms with Gasteiger partial charge in [-0.25, -0.2) is 0 Å². The predicted molar refractivity (Wildman–Crippen MR) is 125 cm³/mol. The SMILES string of the molecule is CCC(=O)NCCN1C(=O)C(C)(C)Oc2cc(C(F)(F)F)c(C(=O)N(CC)C3CCCCC3)cc21. The highest BCUT2D eigenvalue weighted by molar-refractivity contribution is 6.05. The van der Waals surface area contributed by atoms with Crippen molar-refractivity contribution in [1.82, 2.24) is 10.2 Å². The van der Waals surface area contributed by atoms with Gasteiger partial charge in [-0.05, 0) is 45.7 Å². The van der Waals surface area contributed by atoms with Crippen LogP contribution in [0.1, 0.15) is 82.1 Å². The first kappa shape index (κ1) is 26.8. The second kappa shape index (κ2) is 10.5. The van der Waals surface area contributed by atoms with Crippen LogP contribution in [0.4, 0.5) is 18.9 Å². The Balaban J connectivity index is 2.07. The Hall–Kier alpha value is -2.78. The molecule has 0 radical (unpaired) electrons. The molecular weight excluding hydrogens is 463 g/mol. The summed E-state index contributed by atoms with van der Waals surface area (Å²) < 4.78 is 48.1. The topological polar surface area (TPSA) is 79.0 Å². The molecule has 2 aliphatic rings. The molecule has 0 bridgehead atoms. The minimum Gasteiger partial charge on any atom is -0.476 e. The zero-order chi connectivity index (χ0) is 26.0. The first-order valence-corrected chi connectivity index (χ1v) is 12.2. The summed E-state index contributed by atoms with van der Waals surface area (Å²) in [6.07, 6.45) is -0.107. The van der Waals surface area contributed by atoms with E-state index in [9.17, 15) is 27.6 Å². The second-order valence-corrected chi connectivity index (χ2v) is 9.52. The minimum atomic E-state index is -4.79. The van der Waals surface area contributed by atoms with Crippen molar-refractivity contribution in [2.24, 2.45) is 0 Å². The van der Waals surface area contributed by atoms with Gasteiger partial charge in [0.2, 0.25) is 5.91 Å². The van der Waals surface area contributed by atoms with Crippen molar-refractivity contribution in [2.45, 2.75) is 84.0 Å². The molecule has 1 aromatic carbocycles. The van der Waals surface area contributed by atoms with E-state index in [0.717, 1.165) is 44.2 Å². The Bertz CT molecular complexity index is 971. The number of carbonyl (C=O) groups excluding carboxylic acids is 3. The lowest BCUT2D eigenvalue weighted by Gasteiger charge is -2.40. The number of hydrogen-bond donors (Lipinski definition) is 1. The van der Waals surface area contributed by atoms with E-state index >= 15 is 0 Å². The van der Waals surface area contributed by atoms with Crippen LogP contribution in [-0.4, -0.2) is 53.9 Å². The van der Waals surface area contributed by atoms with E-state index in [0.29, 0.717) is 0 Å². The van der Waals surface area contributed by atoms with Crippen LogP contribution in [0.15, 0.2) is 12.1 Å². The molecule has 1 aliphatic heterocycles. The Morgan fingerprint density at radius 3 is 2.40 bits per heavy atom. The van der Waals surface area contributed by atoms with Crippen LogP contribution in [0.3, 0.4) is 0 Å². The van der Waals surface area contributed by atoms with Crippen LogP contribution in [-0.2, 0) is 15.8 Å². The Morgan fingerprint density at radius 2 is 1.83 bits per heavy atom. The van der Waals surface area contributed by atoms with Crippen molar-refractivity contribution in [1.29, 1.82) is 0 Å². The first-order chi connectivity index (χ1) is 16.4. The van der Waals surface area contributed by atoms with Crippen LogP contribution in [0.5, 0.6) is 5.75 Å². The summed E-state index contributed by atoms with van der Waals surface area (Å²) >= 11 is 0. The molecule has 1 saturated carbocycles. The number of carbonyl (C=O) groups is 3. The molecule has 0 saturated heterocycles. The second-order valence-electron chi connectivity index (χ2n) is 9.52. The van der Waals surface area contributed by atoms with Crippen LogP contribution in [0.2, 0.25) is 0 Å². The molecular formula is C25H34F3N3O4. The molecule has 3 rings (SSSR count). The van der Waals surface area contributed by atoms with Gasteiger partial charge in [0.1, 0.15) is 5.75 Å². The molecule has 1 aliphatic carbocycles. The van der Waals surface area contributed by atoms with Crippen LogP contribution < -0.4 is 15.0 Å². The molecule has 1 heterocycles. The summed E-state index contributed by atoms with van der Waals surface area (Å²) in [4.78, 5) is 41.1. The Labute approximate surface area is 204 Å². The number of hydrogen-bond acceptors (Lipinski definition) is 4. The molecule has 0 spiro atoms. The zero-order valence-corrected chi connectivity index (χ0v) is 20.8. The van der Waals surface area contributed by atoms with E-state index in [4.69, 9.17) is 4.74 Å². The number of benzene rings is 1. The number of amides is 3. The number of rotatable bonds is 7. The third-order valence-corrected chi connectivity index (χ3v) is 6.65. The lowest BCUT2D eigenvalue weighted by molar-refractivity contribution is -0.138. The number of anilines is 1. The lowest BCUT2D eigenvalue weighted by atomic mass is 9.93. The van der Waals surface area contributed by atoms with Crippen molar-refractivity contribution in [3.8, 4) is 5.75 Å². The molecule has 1 fully saturated rings. The van der Waals surface area contributed by atoms with Crippen molar-refractivity contribution in [3.63, 3.8) is 0 Å². The summed E-state index contributed by atoms with van der Waals surface area (Å²) in [6, 6.07) is 1.83. The number of nitrogens with zero attached hydrogens (tertiary/aromatic N) is 2.